The number of nitrogen functional groups attached to an aromatic ring is 1. The third-order valence-electron chi connectivity index (χ3n) is 4.02. The molecule has 9 nitrogen and oxygen atoms in total. The van der Waals surface area contributed by atoms with E-state index in [-0.39, 0.29) is 19.0 Å². The fourth-order valence-corrected chi connectivity index (χ4v) is 3.72. The number of nitrogens with zero attached hydrogens (tertiary/aromatic N) is 4. The molecule has 26 heavy (non-hydrogen) atoms. The number of ether oxygens (including phenoxy) is 2. The molecule has 0 fully saturated rings. The van der Waals surface area contributed by atoms with E-state index < -0.39 is 5.91 Å². The van der Waals surface area contributed by atoms with Crippen LogP contribution in [0.4, 0.5) is 5.82 Å². The number of allylic oxidation sites excluding steroid dienone is 3. The maximum absolute atomic E-state index is 11.2. The summed E-state index contributed by atoms with van der Waals surface area (Å²) in [5.41, 5.74) is 13.2. The van der Waals surface area contributed by atoms with Gasteiger partial charge in [0.25, 0.3) is 0 Å². The number of imidazole rings is 1. The first-order chi connectivity index (χ1) is 12.5. The molecule has 2 aromatic rings. The highest BCUT2D eigenvalue weighted by Crippen LogP contribution is 2.41. The zero-order chi connectivity index (χ0) is 18.3. The van der Waals surface area contributed by atoms with E-state index in [1.807, 2.05) is 10.6 Å². The molecule has 0 saturated carbocycles. The van der Waals surface area contributed by atoms with Crippen LogP contribution in [0.25, 0.3) is 11.2 Å². The lowest BCUT2D eigenvalue weighted by atomic mass is 10.1. The van der Waals surface area contributed by atoms with Crippen molar-refractivity contribution in [3.05, 3.63) is 41.0 Å². The van der Waals surface area contributed by atoms with Gasteiger partial charge in [-0.25, -0.2) is 15.0 Å². The minimum absolute atomic E-state index is 0.162. The molecule has 4 rings (SSSR count). The lowest BCUT2D eigenvalue weighted by Gasteiger charge is -2.15. The molecule has 0 radical (unpaired) electrons. The zero-order valence-corrected chi connectivity index (χ0v) is 14.6. The van der Waals surface area contributed by atoms with Gasteiger partial charge in [0.1, 0.15) is 12.1 Å². The number of rotatable bonds is 5. The molecule has 1 aliphatic heterocycles. The monoisotopic (exact) mass is 372 g/mol. The van der Waals surface area contributed by atoms with Crippen LogP contribution in [0.15, 0.2) is 46.1 Å². The summed E-state index contributed by atoms with van der Waals surface area (Å²) in [6.07, 6.45) is 3.99. The molecule has 10 heteroatoms. The molecule has 2 aliphatic rings. The predicted molar refractivity (Wildman–Crippen MR) is 95.3 cm³/mol. The second-order valence-electron chi connectivity index (χ2n) is 5.78. The first kappa shape index (κ1) is 16.5. The topological polar surface area (TPSA) is 131 Å². The third-order valence-corrected chi connectivity index (χ3v) is 5.14. The van der Waals surface area contributed by atoms with Crippen molar-refractivity contribution in [2.24, 2.45) is 5.73 Å². The number of hydrogen-bond acceptors (Lipinski definition) is 8. The van der Waals surface area contributed by atoms with Gasteiger partial charge < -0.3 is 25.5 Å². The summed E-state index contributed by atoms with van der Waals surface area (Å²) in [4.78, 5) is 24.9. The number of primary amides is 1. The number of carbonyl (C=O) groups is 1. The Morgan fingerprint density at radius 3 is 3.04 bits per heavy atom. The number of aromatic nitrogens is 4. The molecule has 0 atom stereocenters. The number of thioether (sulfide) groups is 1. The summed E-state index contributed by atoms with van der Waals surface area (Å²) in [5.74, 6) is 1.37. The van der Waals surface area contributed by atoms with Gasteiger partial charge in [0.05, 0.1) is 0 Å². The Kier molecular flexibility index (Phi) is 4.03. The number of anilines is 1. The van der Waals surface area contributed by atoms with Crippen molar-refractivity contribution in [1.29, 1.82) is 0 Å². The number of aryl methyl sites for hydroxylation is 1. The van der Waals surface area contributed by atoms with E-state index >= 15 is 0 Å². The van der Waals surface area contributed by atoms with E-state index in [0.717, 1.165) is 16.2 Å². The van der Waals surface area contributed by atoms with Gasteiger partial charge in [0.2, 0.25) is 12.7 Å². The van der Waals surface area contributed by atoms with E-state index in [1.54, 1.807) is 0 Å². The number of carbonyl (C=O) groups excluding carboxylic acids is 1. The van der Waals surface area contributed by atoms with Crippen LogP contribution in [0.1, 0.15) is 12.8 Å². The highest BCUT2D eigenvalue weighted by molar-refractivity contribution is 8.03. The number of nitrogens with two attached hydrogens (primary N) is 2. The lowest BCUT2D eigenvalue weighted by Crippen LogP contribution is -2.14. The minimum atomic E-state index is -0.405. The smallest absolute Gasteiger partial charge is 0.230 e. The van der Waals surface area contributed by atoms with Crippen molar-refractivity contribution < 1.29 is 14.3 Å². The summed E-state index contributed by atoms with van der Waals surface area (Å²) in [7, 11) is 0. The highest BCUT2D eigenvalue weighted by Gasteiger charge is 2.26. The summed E-state index contributed by atoms with van der Waals surface area (Å²) in [6, 6.07) is 0. The Labute approximate surface area is 152 Å². The molecule has 134 valence electrons. The molecule has 0 aromatic carbocycles. The molecule has 2 aromatic heterocycles. The van der Waals surface area contributed by atoms with Crippen LogP contribution >= 0.6 is 11.8 Å². The molecule has 1 amide bonds. The molecular formula is C16H16N6O3S. The van der Waals surface area contributed by atoms with Gasteiger partial charge in [-0.3, -0.25) is 4.79 Å². The molecule has 0 spiro atoms. The van der Waals surface area contributed by atoms with Crippen LogP contribution in [0, 0.1) is 0 Å². The minimum Gasteiger partial charge on any atom is -0.458 e. The van der Waals surface area contributed by atoms with Gasteiger partial charge in [-0.15, -0.1) is 0 Å². The van der Waals surface area contributed by atoms with Crippen LogP contribution < -0.4 is 11.5 Å². The largest absolute Gasteiger partial charge is 0.458 e. The van der Waals surface area contributed by atoms with Crippen LogP contribution in [0.2, 0.25) is 0 Å². The highest BCUT2D eigenvalue weighted by atomic mass is 32.2. The maximum atomic E-state index is 11.2. The normalized spacial score (nSPS) is 16.3. The van der Waals surface area contributed by atoms with Gasteiger partial charge in [-0.1, -0.05) is 18.3 Å². The maximum Gasteiger partial charge on any atom is 0.230 e. The SMILES string of the molecule is C=C1CC2=C(C=C1Sc1nc3c(N)ncnc3n1CCC(N)=O)OCO2. The van der Waals surface area contributed by atoms with Gasteiger partial charge in [0, 0.05) is 24.3 Å². The second-order valence-corrected chi connectivity index (χ2v) is 6.79. The Bertz CT molecular complexity index is 993. The summed E-state index contributed by atoms with van der Waals surface area (Å²) in [5, 5.41) is 0.629. The van der Waals surface area contributed by atoms with Crippen molar-refractivity contribution in [3.63, 3.8) is 0 Å². The second kappa shape index (κ2) is 6.37. The van der Waals surface area contributed by atoms with E-state index in [4.69, 9.17) is 20.9 Å². The fraction of sp³-hybridized carbons (Fsp3) is 0.250. The molecular weight excluding hydrogens is 356 g/mol. The van der Waals surface area contributed by atoms with Gasteiger partial charge in [-0.2, -0.15) is 0 Å². The van der Waals surface area contributed by atoms with E-state index in [1.165, 1.54) is 18.1 Å². The Hall–Kier alpha value is -3.01. The summed E-state index contributed by atoms with van der Waals surface area (Å²) < 4.78 is 12.7. The first-order valence-corrected chi connectivity index (χ1v) is 8.66. The molecule has 3 heterocycles. The van der Waals surface area contributed by atoms with E-state index in [2.05, 4.69) is 21.5 Å². The quantitative estimate of drug-likeness (QED) is 0.806. The lowest BCUT2D eigenvalue weighted by molar-refractivity contribution is -0.118. The van der Waals surface area contributed by atoms with Crippen molar-refractivity contribution in [2.75, 3.05) is 12.5 Å². The van der Waals surface area contributed by atoms with E-state index in [9.17, 15) is 4.79 Å². The Balaban J connectivity index is 1.73. The van der Waals surface area contributed by atoms with Crippen molar-refractivity contribution >= 4 is 34.7 Å². The van der Waals surface area contributed by atoms with Gasteiger partial charge in [-0.05, 0) is 11.6 Å². The van der Waals surface area contributed by atoms with Gasteiger partial charge >= 0.3 is 0 Å². The molecule has 0 saturated heterocycles. The van der Waals surface area contributed by atoms with Crippen LogP contribution in [0.5, 0.6) is 0 Å². The van der Waals surface area contributed by atoms with Crippen LogP contribution in [0.3, 0.4) is 0 Å². The van der Waals surface area contributed by atoms with Crippen LogP contribution in [-0.2, 0) is 20.8 Å². The van der Waals surface area contributed by atoms with Crippen molar-refractivity contribution in [1.82, 2.24) is 19.5 Å². The molecule has 0 unspecified atom stereocenters. The standard InChI is InChI=1S/C16H16N6O3S/c1-8-4-9-10(25-7-24-9)5-11(8)26-16-21-13-14(18)19-6-20-15(13)22(16)3-2-12(17)23/h5-6H,1-4,7H2,(H2,17,23)(H2,18,19,20). The molecule has 0 bridgehead atoms. The predicted octanol–water partition coefficient (Wildman–Crippen LogP) is 1.44. The number of hydrogen-bond donors (Lipinski definition) is 2. The fourth-order valence-electron chi connectivity index (χ4n) is 2.71. The molecule has 1 aliphatic carbocycles. The Morgan fingerprint density at radius 2 is 2.23 bits per heavy atom. The molecule has 4 N–H and O–H groups in total. The third kappa shape index (κ3) is 2.88. The van der Waals surface area contributed by atoms with Crippen molar-refractivity contribution in [2.45, 2.75) is 24.5 Å². The number of fused-ring (bicyclic) bond motifs is 1. The summed E-state index contributed by atoms with van der Waals surface area (Å²) in [6.45, 7) is 4.67. The average molecular weight is 372 g/mol. The first-order valence-electron chi connectivity index (χ1n) is 7.84. The van der Waals surface area contributed by atoms with Crippen LogP contribution in [-0.4, -0.2) is 32.2 Å². The van der Waals surface area contributed by atoms with Crippen molar-refractivity contribution in [3.8, 4) is 0 Å². The summed E-state index contributed by atoms with van der Waals surface area (Å²) >= 11 is 1.40. The number of amides is 1. The average Bonchev–Trinajstić information content (AvgIpc) is 3.18. The Morgan fingerprint density at radius 1 is 1.38 bits per heavy atom. The zero-order valence-electron chi connectivity index (χ0n) is 13.8. The van der Waals surface area contributed by atoms with Gasteiger partial charge in [0.15, 0.2) is 27.9 Å². The van der Waals surface area contributed by atoms with E-state index in [0.29, 0.717) is 35.0 Å².